The molecule has 0 bridgehead atoms. The smallest absolute Gasteiger partial charge is 0.343 e. The molecule has 0 atom stereocenters. The minimum absolute atomic E-state index is 0.150. The Morgan fingerprint density at radius 1 is 0.789 bits per heavy atom. The zero-order valence-electron chi connectivity index (χ0n) is 20.7. The van der Waals surface area contributed by atoms with Crippen molar-refractivity contribution in [2.24, 2.45) is 5.10 Å². The third kappa shape index (κ3) is 6.92. The summed E-state index contributed by atoms with van der Waals surface area (Å²) in [6.45, 7) is 3.77. The molecule has 0 radical (unpaired) electrons. The van der Waals surface area contributed by atoms with Crippen LogP contribution in [0.25, 0.3) is 0 Å². The first-order valence-corrected chi connectivity index (χ1v) is 13.1. The summed E-state index contributed by atoms with van der Waals surface area (Å²) in [6, 6.07) is 26.3. The second-order valence-electron chi connectivity index (χ2n) is 8.52. The van der Waals surface area contributed by atoms with Crippen LogP contribution in [0.5, 0.6) is 5.75 Å². The van der Waals surface area contributed by atoms with Crippen LogP contribution in [0.4, 0.5) is 5.69 Å². The molecule has 2 N–H and O–H groups in total. The van der Waals surface area contributed by atoms with E-state index in [1.807, 2.05) is 19.9 Å². The molecule has 0 spiro atoms. The molecule has 0 unspecified atom stereocenters. The van der Waals surface area contributed by atoms with Crippen molar-refractivity contribution in [3.63, 3.8) is 0 Å². The Kier molecular flexibility index (Phi) is 7.98. The van der Waals surface area contributed by atoms with E-state index in [0.717, 1.165) is 11.1 Å². The van der Waals surface area contributed by atoms with Gasteiger partial charge in [0.25, 0.3) is 15.9 Å². The van der Waals surface area contributed by atoms with Gasteiger partial charge in [-0.25, -0.2) is 18.6 Å². The Bertz CT molecular complexity index is 1580. The lowest BCUT2D eigenvalue weighted by molar-refractivity contribution is 0.0734. The van der Waals surface area contributed by atoms with E-state index >= 15 is 0 Å². The van der Waals surface area contributed by atoms with E-state index in [1.54, 1.807) is 54.6 Å². The van der Waals surface area contributed by atoms with E-state index in [4.69, 9.17) is 4.74 Å². The number of rotatable bonds is 8. The summed E-state index contributed by atoms with van der Waals surface area (Å²) >= 11 is 0. The van der Waals surface area contributed by atoms with E-state index in [0.29, 0.717) is 28.1 Å². The number of nitrogens with one attached hydrogen (secondary N) is 2. The SMILES string of the molecule is Cc1ccc(S(=O)(=O)Nc2ccc(C(=O)N/N=C\c3ccc(OC(=O)c4cccc(C)c4)cc3)cc2)cc1. The van der Waals surface area contributed by atoms with Crippen LogP contribution in [0.15, 0.2) is 107 Å². The number of carbonyl (C=O) groups is 2. The van der Waals surface area contributed by atoms with Crippen molar-refractivity contribution in [3.05, 3.63) is 125 Å². The third-order valence-corrected chi connectivity index (χ3v) is 6.85. The van der Waals surface area contributed by atoms with Gasteiger partial charge in [-0.3, -0.25) is 9.52 Å². The topological polar surface area (TPSA) is 114 Å². The number of esters is 1. The highest BCUT2D eigenvalue weighted by Gasteiger charge is 2.14. The van der Waals surface area contributed by atoms with Crippen molar-refractivity contribution >= 4 is 33.8 Å². The summed E-state index contributed by atoms with van der Waals surface area (Å²) in [5.41, 5.74) is 6.13. The summed E-state index contributed by atoms with van der Waals surface area (Å²) in [4.78, 5) is 24.8. The second-order valence-corrected chi connectivity index (χ2v) is 10.2. The van der Waals surface area contributed by atoms with E-state index in [2.05, 4.69) is 15.2 Å². The Labute approximate surface area is 221 Å². The number of ether oxygens (including phenoxy) is 1. The number of anilines is 1. The van der Waals surface area contributed by atoms with Gasteiger partial charge in [-0.15, -0.1) is 0 Å². The predicted molar refractivity (Wildman–Crippen MR) is 146 cm³/mol. The molecule has 0 saturated heterocycles. The average molecular weight is 528 g/mol. The van der Waals surface area contributed by atoms with Crippen LogP contribution < -0.4 is 14.9 Å². The normalized spacial score (nSPS) is 11.2. The Hall–Kier alpha value is -4.76. The monoisotopic (exact) mass is 527 g/mol. The quantitative estimate of drug-likeness (QED) is 0.143. The Morgan fingerprint density at radius 3 is 2.13 bits per heavy atom. The van der Waals surface area contributed by atoms with E-state index in [9.17, 15) is 18.0 Å². The number of hydrazone groups is 1. The van der Waals surface area contributed by atoms with Crippen LogP contribution in [0.3, 0.4) is 0 Å². The maximum atomic E-state index is 12.5. The molecular formula is C29H25N3O5S. The van der Waals surface area contributed by atoms with Gasteiger partial charge in [0.05, 0.1) is 16.7 Å². The van der Waals surface area contributed by atoms with Gasteiger partial charge in [0.15, 0.2) is 0 Å². The molecule has 0 aliphatic rings. The Morgan fingerprint density at radius 2 is 1.47 bits per heavy atom. The summed E-state index contributed by atoms with van der Waals surface area (Å²) in [7, 11) is -3.74. The van der Waals surface area contributed by atoms with Gasteiger partial charge in [-0.1, -0.05) is 35.4 Å². The van der Waals surface area contributed by atoms with Crippen molar-refractivity contribution < 1.29 is 22.7 Å². The number of nitrogens with zero attached hydrogens (tertiary/aromatic N) is 1. The zero-order valence-corrected chi connectivity index (χ0v) is 21.5. The standard InChI is InChI=1S/C29H25N3O5S/c1-20-6-16-27(17-7-20)38(35,36)32-25-12-10-23(11-13-25)28(33)31-30-19-22-8-14-26(15-9-22)37-29(34)24-5-3-4-21(2)18-24/h3-19,32H,1-2H3,(H,31,33)/b30-19-. The van der Waals surface area contributed by atoms with Crippen molar-refractivity contribution in [1.29, 1.82) is 0 Å². The van der Waals surface area contributed by atoms with Crippen LogP contribution >= 0.6 is 0 Å². The third-order valence-electron chi connectivity index (χ3n) is 5.45. The summed E-state index contributed by atoms with van der Waals surface area (Å²) in [5.74, 6) is -0.523. The molecule has 4 aromatic carbocycles. The molecule has 192 valence electrons. The van der Waals surface area contributed by atoms with Gasteiger partial charge >= 0.3 is 5.97 Å². The molecule has 4 aromatic rings. The highest BCUT2D eigenvalue weighted by atomic mass is 32.2. The van der Waals surface area contributed by atoms with Crippen LogP contribution in [-0.4, -0.2) is 26.5 Å². The number of hydrogen-bond acceptors (Lipinski definition) is 6. The molecule has 0 aliphatic heterocycles. The first kappa shape index (κ1) is 26.3. The molecule has 0 saturated carbocycles. The number of hydrogen-bond donors (Lipinski definition) is 2. The zero-order chi connectivity index (χ0) is 27.1. The van der Waals surface area contributed by atoms with Gasteiger partial charge in [0.2, 0.25) is 0 Å². The molecule has 4 rings (SSSR count). The van der Waals surface area contributed by atoms with Gasteiger partial charge in [0, 0.05) is 11.3 Å². The second kappa shape index (κ2) is 11.5. The first-order valence-electron chi connectivity index (χ1n) is 11.6. The lowest BCUT2D eigenvalue weighted by Crippen LogP contribution is -2.18. The first-order chi connectivity index (χ1) is 18.2. The van der Waals surface area contributed by atoms with Gasteiger partial charge in [0.1, 0.15) is 5.75 Å². The minimum atomic E-state index is -3.74. The number of aryl methyl sites for hydroxylation is 2. The van der Waals surface area contributed by atoms with Gasteiger partial charge in [-0.2, -0.15) is 5.10 Å². The lowest BCUT2D eigenvalue weighted by atomic mass is 10.1. The highest BCUT2D eigenvalue weighted by molar-refractivity contribution is 7.92. The average Bonchev–Trinajstić information content (AvgIpc) is 2.90. The summed E-state index contributed by atoms with van der Waals surface area (Å²) < 4.78 is 32.9. The lowest BCUT2D eigenvalue weighted by Gasteiger charge is -2.09. The molecule has 0 aromatic heterocycles. The fourth-order valence-electron chi connectivity index (χ4n) is 3.41. The van der Waals surface area contributed by atoms with Crippen molar-refractivity contribution in [2.45, 2.75) is 18.7 Å². The van der Waals surface area contributed by atoms with Crippen LogP contribution in [-0.2, 0) is 10.0 Å². The molecule has 38 heavy (non-hydrogen) atoms. The van der Waals surface area contributed by atoms with E-state index < -0.39 is 21.9 Å². The van der Waals surface area contributed by atoms with Crippen LogP contribution in [0, 0.1) is 13.8 Å². The summed E-state index contributed by atoms with van der Waals surface area (Å²) in [5, 5.41) is 3.95. The number of benzene rings is 4. The van der Waals surface area contributed by atoms with Crippen LogP contribution in [0.1, 0.15) is 37.4 Å². The number of sulfonamides is 1. The van der Waals surface area contributed by atoms with Crippen LogP contribution in [0.2, 0.25) is 0 Å². The molecule has 0 aliphatic carbocycles. The Balaban J connectivity index is 1.30. The van der Waals surface area contributed by atoms with Crippen molar-refractivity contribution in [1.82, 2.24) is 5.43 Å². The number of carbonyl (C=O) groups excluding carboxylic acids is 2. The molecule has 8 nitrogen and oxygen atoms in total. The highest BCUT2D eigenvalue weighted by Crippen LogP contribution is 2.18. The van der Waals surface area contributed by atoms with Gasteiger partial charge < -0.3 is 4.74 Å². The minimum Gasteiger partial charge on any atom is -0.423 e. The predicted octanol–water partition coefficient (Wildman–Crippen LogP) is 5.09. The molecule has 1 amide bonds. The van der Waals surface area contributed by atoms with E-state index in [-0.39, 0.29) is 4.90 Å². The molecule has 0 heterocycles. The number of amides is 1. The molecule has 0 fully saturated rings. The molecular weight excluding hydrogens is 502 g/mol. The fraction of sp³-hybridized carbons (Fsp3) is 0.0690. The maximum Gasteiger partial charge on any atom is 0.343 e. The maximum absolute atomic E-state index is 12.5. The van der Waals surface area contributed by atoms with E-state index in [1.165, 1.54) is 42.6 Å². The summed E-state index contributed by atoms with van der Waals surface area (Å²) in [6.07, 6.45) is 1.45. The van der Waals surface area contributed by atoms with Crippen molar-refractivity contribution in [3.8, 4) is 5.75 Å². The molecule has 9 heteroatoms. The fourth-order valence-corrected chi connectivity index (χ4v) is 4.47. The largest absolute Gasteiger partial charge is 0.423 e. The van der Waals surface area contributed by atoms with Crippen molar-refractivity contribution in [2.75, 3.05) is 4.72 Å². The van der Waals surface area contributed by atoms with Gasteiger partial charge in [-0.05, 0) is 92.2 Å².